The average Bonchev–Trinajstić information content (AvgIpc) is 3.27. The number of hydrogen-bond donors (Lipinski definition) is 1. The first kappa shape index (κ1) is 15.1. The van der Waals surface area contributed by atoms with Crippen molar-refractivity contribution >= 4 is 46.0 Å². The second kappa shape index (κ2) is 5.40. The summed E-state index contributed by atoms with van der Waals surface area (Å²) in [4.78, 5) is 3.73. The summed E-state index contributed by atoms with van der Waals surface area (Å²) < 4.78 is 2.23. The fraction of sp³-hybridized carbons (Fsp3) is 0.533. The van der Waals surface area contributed by atoms with Crippen molar-refractivity contribution in [1.82, 2.24) is 20.2 Å². The monoisotopic (exact) mass is 378 g/mol. The van der Waals surface area contributed by atoms with Crippen LogP contribution in [-0.2, 0) is 12.8 Å². The highest BCUT2D eigenvalue weighted by molar-refractivity contribution is 8.13. The molecular weight excluding hydrogens is 360 g/mol. The quantitative estimate of drug-likeness (QED) is 0.769. The van der Waals surface area contributed by atoms with Crippen molar-refractivity contribution in [3.8, 4) is 5.00 Å². The van der Waals surface area contributed by atoms with Gasteiger partial charge in [0.2, 0.25) is 5.95 Å². The van der Waals surface area contributed by atoms with Crippen LogP contribution in [0.3, 0.4) is 0 Å². The van der Waals surface area contributed by atoms with Crippen molar-refractivity contribution in [1.29, 1.82) is 0 Å². The van der Waals surface area contributed by atoms with Crippen molar-refractivity contribution in [3.63, 3.8) is 0 Å². The molecule has 0 amide bonds. The number of fused-ring (bicyclic) bond motifs is 8. The summed E-state index contributed by atoms with van der Waals surface area (Å²) in [7, 11) is 0. The third-order valence-corrected chi connectivity index (χ3v) is 7.49. The summed E-state index contributed by atoms with van der Waals surface area (Å²) in [6.07, 6.45) is 7.78. The van der Waals surface area contributed by atoms with Crippen molar-refractivity contribution in [2.45, 2.75) is 37.5 Å². The molecule has 2 atom stereocenters. The Balaban J connectivity index is 1.76. The molecule has 0 aromatic carbocycles. The highest BCUT2D eigenvalue weighted by atomic mass is 32.2. The lowest BCUT2D eigenvalue weighted by molar-refractivity contribution is 0.498. The maximum Gasteiger partial charge on any atom is 0.241 e. The van der Waals surface area contributed by atoms with Gasteiger partial charge in [-0.15, -0.1) is 21.5 Å². The number of hydrogen-bond acceptors (Lipinski definition) is 8. The molecule has 1 unspecified atom stereocenters. The van der Waals surface area contributed by atoms with Crippen LogP contribution in [0.2, 0.25) is 0 Å². The van der Waals surface area contributed by atoms with Gasteiger partial charge in [0.05, 0.1) is 0 Å². The summed E-state index contributed by atoms with van der Waals surface area (Å²) in [5, 5.41) is 16.6. The smallest absolute Gasteiger partial charge is 0.241 e. The summed E-state index contributed by atoms with van der Waals surface area (Å²) in [6, 6.07) is 0. The predicted octanol–water partition coefficient (Wildman–Crippen LogP) is 3.23. The number of amidine groups is 1. The number of nitrogens with zero attached hydrogens (tertiary/aromatic N) is 5. The van der Waals surface area contributed by atoms with Crippen LogP contribution >= 0.6 is 34.9 Å². The molecular formula is C15H18N6S3. The third kappa shape index (κ3) is 1.89. The van der Waals surface area contributed by atoms with Crippen LogP contribution in [-0.4, -0.2) is 32.4 Å². The molecule has 2 aromatic heterocycles. The number of anilines is 1. The molecule has 0 saturated heterocycles. The van der Waals surface area contributed by atoms with Crippen molar-refractivity contribution in [2.75, 3.05) is 17.4 Å². The van der Waals surface area contributed by atoms with Gasteiger partial charge in [0.25, 0.3) is 0 Å². The Bertz CT molecular complexity index is 854. The largest absolute Gasteiger partial charge is 0.280 e. The fourth-order valence-electron chi connectivity index (χ4n) is 3.81. The zero-order valence-electron chi connectivity index (χ0n) is 13.7. The molecule has 0 radical (unpaired) electrons. The van der Waals surface area contributed by atoms with Gasteiger partial charge in [-0.3, -0.25) is 10.3 Å². The summed E-state index contributed by atoms with van der Waals surface area (Å²) >= 11 is 5.21. The lowest BCUT2D eigenvalue weighted by Crippen LogP contribution is -2.38. The molecule has 3 aliphatic rings. The molecule has 6 nitrogen and oxygen atoms in total. The van der Waals surface area contributed by atoms with Crippen LogP contribution in [0.1, 0.15) is 35.5 Å². The van der Waals surface area contributed by atoms with E-state index in [-0.39, 0.29) is 6.17 Å². The van der Waals surface area contributed by atoms with E-state index < -0.39 is 0 Å². The van der Waals surface area contributed by atoms with Gasteiger partial charge < -0.3 is 0 Å². The van der Waals surface area contributed by atoms with Crippen LogP contribution in [0.25, 0.3) is 5.00 Å². The molecule has 2 aromatic rings. The van der Waals surface area contributed by atoms with Crippen molar-refractivity contribution in [2.24, 2.45) is 11.0 Å². The standard InChI is InChI=1S/C15H18N6S3/c1-7-4-5-8-9(6-7)24-12-10(8)11-16-18-14(22-2)20(11)13-17-19-15(23-3)21(12)13/h7,11,16H,4-6H2,1-3H3/t7-,11?/m1/s1. The Kier molecular flexibility index (Phi) is 3.40. The summed E-state index contributed by atoms with van der Waals surface area (Å²) in [5.41, 5.74) is 6.26. The molecule has 4 heterocycles. The molecule has 0 bridgehead atoms. The second-order valence-corrected chi connectivity index (χ2v) is 9.02. The first-order valence-corrected chi connectivity index (χ1v) is 11.3. The predicted molar refractivity (Wildman–Crippen MR) is 102 cm³/mol. The molecule has 126 valence electrons. The minimum atomic E-state index is 0.0577. The SMILES string of the molecule is CSC1=NNC2c3c(sc4c3CC[C@@H](C)C4)-n3c(SC)nnc3N12. The summed E-state index contributed by atoms with van der Waals surface area (Å²) in [6.45, 7) is 2.36. The lowest BCUT2D eigenvalue weighted by atomic mass is 9.87. The van der Waals surface area contributed by atoms with Crippen molar-refractivity contribution in [3.05, 3.63) is 16.0 Å². The van der Waals surface area contributed by atoms with Crippen LogP contribution in [0.4, 0.5) is 5.95 Å². The number of aromatic nitrogens is 3. The molecule has 0 saturated carbocycles. The van der Waals surface area contributed by atoms with E-state index >= 15 is 0 Å². The van der Waals surface area contributed by atoms with Gasteiger partial charge in [-0.2, -0.15) is 5.10 Å². The van der Waals surface area contributed by atoms with Gasteiger partial charge in [0.15, 0.2) is 16.5 Å². The Morgan fingerprint density at radius 1 is 1.25 bits per heavy atom. The van der Waals surface area contributed by atoms with Gasteiger partial charge in [-0.1, -0.05) is 30.4 Å². The third-order valence-electron chi connectivity index (χ3n) is 4.95. The van der Waals surface area contributed by atoms with Gasteiger partial charge in [0, 0.05) is 10.4 Å². The van der Waals surface area contributed by atoms with E-state index in [1.54, 1.807) is 23.5 Å². The van der Waals surface area contributed by atoms with E-state index in [2.05, 4.69) is 49.6 Å². The number of thiophene rings is 1. The van der Waals surface area contributed by atoms with Crippen molar-refractivity contribution < 1.29 is 0 Å². The first-order chi connectivity index (χ1) is 11.7. The average molecular weight is 379 g/mol. The topological polar surface area (TPSA) is 58.3 Å². The Hall–Kier alpha value is -1.19. The fourth-order valence-corrected chi connectivity index (χ4v) is 6.42. The highest BCUT2D eigenvalue weighted by Crippen LogP contribution is 2.49. The van der Waals surface area contributed by atoms with Crippen LogP contribution < -0.4 is 10.3 Å². The number of rotatable bonds is 1. The minimum absolute atomic E-state index is 0.0577. The minimum Gasteiger partial charge on any atom is -0.280 e. The molecule has 2 aliphatic heterocycles. The van der Waals surface area contributed by atoms with Crippen LogP contribution in [0.5, 0.6) is 0 Å². The van der Waals surface area contributed by atoms with E-state index in [1.807, 2.05) is 11.3 Å². The molecule has 0 fully saturated rings. The Morgan fingerprint density at radius 2 is 2.12 bits per heavy atom. The van der Waals surface area contributed by atoms with E-state index in [0.29, 0.717) is 0 Å². The van der Waals surface area contributed by atoms with E-state index in [1.165, 1.54) is 33.8 Å². The molecule has 1 N–H and O–H groups in total. The number of hydrazone groups is 1. The molecule has 5 rings (SSSR count). The van der Waals surface area contributed by atoms with Crippen LogP contribution in [0.15, 0.2) is 10.3 Å². The molecule has 24 heavy (non-hydrogen) atoms. The maximum atomic E-state index is 4.55. The van der Waals surface area contributed by atoms with Gasteiger partial charge in [-0.25, -0.2) is 4.57 Å². The summed E-state index contributed by atoms with van der Waals surface area (Å²) in [5.74, 6) is 1.64. The second-order valence-electron chi connectivity index (χ2n) is 6.39. The Morgan fingerprint density at radius 3 is 2.92 bits per heavy atom. The molecule has 1 aliphatic carbocycles. The van der Waals surface area contributed by atoms with E-state index in [4.69, 9.17) is 0 Å². The normalized spacial score (nSPS) is 24.0. The molecule has 9 heteroatoms. The zero-order valence-corrected chi connectivity index (χ0v) is 16.2. The van der Waals surface area contributed by atoms with E-state index in [0.717, 1.165) is 28.6 Å². The zero-order chi connectivity index (χ0) is 16.4. The van der Waals surface area contributed by atoms with Gasteiger partial charge in [-0.05, 0) is 43.3 Å². The van der Waals surface area contributed by atoms with Gasteiger partial charge in [0.1, 0.15) is 5.00 Å². The maximum absolute atomic E-state index is 4.55. The Labute approximate surface area is 153 Å². The highest BCUT2D eigenvalue weighted by Gasteiger charge is 2.44. The van der Waals surface area contributed by atoms with E-state index in [9.17, 15) is 0 Å². The number of thioether (sulfide) groups is 2. The number of nitrogens with one attached hydrogen (secondary N) is 1. The molecule has 0 spiro atoms. The van der Waals surface area contributed by atoms with Gasteiger partial charge >= 0.3 is 0 Å². The van der Waals surface area contributed by atoms with Crippen LogP contribution in [0, 0.1) is 5.92 Å². The first-order valence-electron chi connectivity index (χ1n) is 8.03. The lowest BCUT2D eigenvalue weighted by Gasteiger charge is -2.31.